The molecule has 1 saturated heterocycles. The minimum absolute atomic E-state index is 0.167. The third kappa shape index (κ3) is 5.49. The number of nitrogens with zero attached hydrogens (tertiary/aromatic N) is 4. The number of anilines is 2. The molecule has 1 aromatic carbocycles. The van der Waals surface area contributed by atoms with Gasteiger partial charge in [-0.15, -0.1) is 0 Å². The second-order valence-corrected chi connectivity index (χ2v) is 8.72. The molecule has 35 heavy (non-hydrogen) atoms. The number of hydrogen-bond donors (Lipinski definition) is 5. The molecule has 1 amide bonds. The number of H-pyrrole nitrogens is 1. The van der Waals surface area contributed by atoms with Crippen LogP contribution in [0.15, 0.2) is 36.5 Å². The fourth-order valence-corrected chi connectivity index (χ4v) is 3.93. The number of rotatable bonds is 6. The second-order valence-electron chi connectivity index (χ2n) is 8.72. The van der Waals surface area contributed by atoms with Gasteiger partial charge in [0.2, 0.25) is 5.95 Å². The SMILES string of the molecule is N=C(NOC(=O)c1ccc2nc(Nc3cc(CN4CCN(C(=O)O)CC4)ccn3)[nH]c2c1)C1CC1. The lowest BCUT2D eigenvalue weighted by molar-refractivity contribution is 0.0380. The van der Waals surface area contributed by atoms with Crippen molar-refractivity contribution in [3.05, 3.63) is 47.7 Å². The van der Waals surface area contributed by atoms with Crippen molar-refractivity contribution in [2.45, 2.75) is 19.4 Å². The molecule has 12 nitrogen and oxygen atoms in total. The van der Waals surface area contributed by atoms with Gasteiger partial charge in [0.05, 0.1) is 16.6 Å². The summed E-state index contributed by atoms with van der Waals surface area (Å²) in [5, 5.41) is 20.0. The maximum atomic E-state index is 12.3. The first-order valence-electron chi connectivity index (χ1n) is 11.4. The lowest BCUT2D eigenvalue weighted by atomic mass is 10.2. The predicted octanol–water partition coefficient (Wildman–Crippen LogP) is 2.55. The van der Waals surface area contributed by atoms with Gasteiger partial charge in [0.25, 0.3) is 0 Å². The van der Waals surface area contributed by atoms with E-state index in [1.807, 2.05) is 12.1 Å². The number of nitrogens with one attached hydrogen (secondary N) is 4. The Balaban J connectivity index is 1.20. The normalized spacial score (nSPS) is 16.2. The molecule has 2 aliphatic rings. The number of imidazole rings is 1. The van der Waals surface area contributed by atoms with E-state index in [0.29, 0.717) is 61.1 Å². The van der Waals surface area contributed by atoms with Crippen molar-refractivity contribution in [2.24, 2.45) is 5.92 Å². The van der Waals surface area contributed by atoms with E-state index in [-0.39, 0.29) is 11.8 Å². The number of hydrogen-bond acceptors (Lipinski definition) is 8. The smallest absolute Gasteiger partial charge is 0.407 e. The van der Waals surface area contributed by atoms with E-state index in [4.69, 9.17) is 15.4 Å². The number of hydroxylamine groups is 1. The summed E-state index contributed by atoms with van der Waals surface area (Å²) in [6.45, 7) is 3.06. The van der Waals surface area contributed by atoms with Gasteiger partial charge in [0.1, 0.15) is 11.7 Å². The average Bonchev–Trinajstić information content (AvgIpc) is 3.63. The molecular weight excluding hydrogens is 452 g/mol. The zero-order chi connectivity index (χ0) is 24.4. The number of carbonyl (C=O) groups excluding carboxylic acids is 1. The zero-order valence-electron chi connectivity index (χ0n) is 19.0. The van der Waals surface area contributed by atoms with Gasteiger partial charge in [0.15, 0.2) is 0 Å². The van der Waals surface area contributed by atoms with E-state index in [2.05, 4.69) is 30.6 Å². The van der Waals surface area contributed by atoms with Crippen molar-refractivity contribution < 1.29 is 19.5 Å². The molecule has 5 N–H and O–H groups in total. The Morgan fingerprint density at radius 3 is 2.71 bits per heavy atom. The molecule has 182 valence electrons. The molecule has 1 aliphatic heterocycles. The van der Waals surface area contributed by atoms with Crippen LogP contribution in [0.5, 0.6) is 0 Å². The van der Waals surface area contributed by atoms with E-state index in [1.165, 1.54) is 4.90 Å². The van der Waals surface area contributed by atoms with Crippen molar-refractivity contribution >= 4 is 40.7 Å². The predicted molar refractivity (Wildman–Crippen MR) is 127 cm³/mol. The largest absolute Gasteiger partial charge is 0.465 e. The number of piperazine rings is 1. The Labute approximate surface area is 200 Å². The molecule has 1 aliphatic carbocycles. The van der Waals surface area contributed by atoms with Gasteiger partial charge in [-0.25, -0.2) is 25.0 Å². The lowest BCUT2D eigenvalue weighted by Crippen LogP contribution is -2.47. The van der Waals surface area contributed by atoms with Gasteiger partial charge in [-0.2, -0.15) is 0 Å². The number of aromatic amines is 1. The number of aromatic nitrogens is 3. The van der Waals surface area contributed by atoms with Gasteiger partial charge in [0, 0.05) is 44.8 Å². The number of amides is 1. The van der Waals surface area contributed by atoms with Gasteiger partial charge in [-0.1, -0.05) is 0 Å². The number of fused-ring (bicyclic) bond motifs is 1. The molecule has 0 atom stereocenters. The summed E-state index contributed by atoms with van der Waals surface area (Å²) in [4.78, 5) is 44.1. The van der Waals surface area contributed by atoms with Crippen LogP contribution in [0.3, 0.4) is 0 Å². The van der Waals surface area contributed by atoms with Crippen LogP contribution >= 0.6 is 0 Å². The van der Waals surface area contributed by atoms with Crippen LogP contribution in [0, 0.1) is 11.3 Å². The summed E-state index contributed by atoms with van der Waals surface area (Å²) in [5.74, 6) is 0.928. The Bertz CT molecular complexity index is 1260. The molecular formula is C23H26N8O4. The van der Waals surface area contributed by atoms with Gasteiger partial charge < -0.3 is 25.1 Å². The molecule has 0 radical (unpaired) electrons. The van der Waals surface area contributed by atoms with Crippen LogP contribution in [-0.4, -0.2) is 73.9 Å². The number of amidine groups is 1. The molecule has 3 heterocycles. The first-order chi connectivity index (χ1) is 16.9. The molecule has 3 aromatic rings. The highest BCUT2D eigenvalue weighted by Crippen LogP contribution is 2.29. The van der Waals surface area contributed by atoms with Gasteiger partial charge in [-0.3, -0.25) is 10.3 Å². The first-order valence-corrected chi connectivity index (χ1v) is 11.4. The van der Waals surface area contributed by atoms with Crippen molar-refractivity contribution in [1.29, 1.82) is 5.41 Å². The number of benzene rings is 1. The van der Waals surface area contributed by atoms with Crippen LogP contribution in [0.1, 0.15) is 28.8 Å². The Kier molecular flexibility index (Phi) is 6.19. The molecule has 2 fully saturated rings. The van der Waals surface area contributed by atoms with Crippen LogP contribution < -0.4 is 10.8 Å². The summed E-state index contributed by atoms with van der Waals surface area (Å²) >= 11 is 0. The monoisotopic (exact) mass is 478 g/mol. The van der Waals surface area contributed by atoms with E-state index < -0.39 is 12.1 Å². The van der Waals surface area contributed by atoms with E-state index in [9.17, 15) is 9.59 Å². The Morgan fingerprint density at radius 1 is 1.17 bits per heavy atom. The molecule has 1 saturated carbocycles. The maximum Gasteiger partial charge on any atom is 0.407 e. The summed E-state index contributed by atoms with van der Waals surface area (Å²) in [5.41, 5.74) is 5.15. The lowest BCUT2D eigenvalue weighted by Gasteiger charge is -2.33. The first kappa shape index (κ1) is 22.6. The number of carbonyl (C=O) groups is 2. The molecule has 0 bridgehead atoms. The fourth-order valence-electron chi connectivity index (χ4n) is 3.93. The standard InChI is InChI=1S/C23H26N8O4/c24-20(15-1-2-15)29-35-21(32)16-3-4-17-18(12-16)27-22(26-17)28-19-11-14(5-6-25-19)13-30-7-9-31(10-8-30)23(33)34/h3-6,11-12,15H,1-2,7-10,13H2,(H2,24,29)(H,33,34)(H2,25,26,27,28). The Hall–Kier alpha value is -4.19. The van der Waals surface area contributed by atoms with Crippen molar-refractivity contribution in [2.75, 3.05) is 31.5 Å². The summed E-state index contributed by atoms with van der Waals surface area (Å²) in [7, 11) is 0. The molecule has 0 spiro atoms. The summed E-state index contributed by atoms with van der Waals surface area (Å²) < 4.78 is 0. The van der Waals surface area contributed by atoms with E-state index >= 15 is 0 Å². The maximum absolute atomic E-state index is 12.3. The third-order valence-corrected chi connectivity index (χ3v) is 6.08. The Morgan fingerprint density at radius 2 is 1.97 bits per heavy atom. The number of pyridine rings is 1. The number of carboxylic acid groups (broad SMARTS) is 1. The van der Waals surface area contributed by atoms with E-state index in [1.54, 1.807) is 24.4 Å². The summed E-state index contributed by atoms with van der Waals surface area (Å²) in [6.07, 6.45) is 2.73. The average molecular weight is 479 g/mol. The highest BCUT2D eigenvalue weighted by atomic mass is 16.7. The fraction of sp³-hybridized carbons (Fsp3) is 0.348. The van der Waals surface area contributed by atoms with E-state index in [0.717, 1.165) is 18.4 Å². The molecule has 5 rings (SSSR count). The molecule has 12 heteroatoms. The van der Waals surface area contributed by atoms with Crippen LogP contribution in [0.4, 0.5) is 16.6 Å². The zero-order valence-corrected chi connectivity index (χ0v) is 19.0. The van der Waals surface area contributed by atoms with Gasteiger partial charge >= 0.3 is 12.1 Å². The third-order valence-electron chi connectivity index (χ3n) is 6.08. The topological polar surface area (TPSA) is 160 Å². The molecule has 0 unspecified atom stereocenters. The highest BCUT2D eigenvalue weighted by Gasteiger charge is 2.27. The van der Waals surface area contributed by atoms with Crippen LogP contribution in [0.25, 0.3) is 11.0 Å². The quantitative estimate of drug-likeness (QED) is 0.204. The van der Waals surface area contributed by atoms with Crippen molar-refractivity contribution in [3.63, 3.8) is 0 Å². The highest BCUT2D eigenvalue weighted by molar-refractivity contribution is 5.95. The van der Waals surface area contributed by atoms with Crippen LogP contribution in [0.2, 0.25) is 0 Å². The molecule has 2 aromatic heterocycles. The summed E-state index contributed by atoms with van der Waals surface area (Å²) in [6, 6.07) is 8.86. The second kappa shape index (κ2) is 9.58. The van der Waals surface area contributed by atoms with Gasteiger partial charge in [-0.05, 0) is 48.7 Å². The minimum Gasteiger partial charge on any atom is -0.465 e. The van der Waals surface area contributed by atoms with Crippen molar-refractivity contribution in [1.82, 2.24) is 30.2 Å². The minimum atomic E-state index is -0.874. The van der Waals surface area contributed by atoms with Crippen molar-refractivity contribution in [3.8, 4) is 0 Å². The van der Waals surface area contributed by atoms with Crippen LogP contribution in [-0.2, 0) is 11.4 Å².